The Kier molecular flexibility index (Phi) is 4.46. The van der Waals surface area contributed by atoms with E-state index in [9.17, 15) is 9.90 Å². The van der Waals surface area contributed by atoms with Crippen LogP contribution >= 0.6 is 11.6 Å². The minimum absolute atomic E-state index is 0.550. The van der Waals surface area contributed by atoms with Gasteiger partial charge in [0, 0.05) is 5.02 Å². The molecule has 0 spiro atoms. The number of aliphatic carboxylic acids is 1. The first kappa shape index (κ1) is 14.6. The van der Waals surface area contributed by atoms with E-state index in [1.54, 1.807) is 24.3 Å². The molecular weight excluding hydrogens is 272 g/mol. The fourth-order valence-electron chi connectivity index (χ4n) is 2.64. The molecule has 0 aliphatic rings. The summed E-state index contributed by atoms with van der Waals surface area (Å²) >= 11 is 5.92. The Morgan fingerprint density at radius 1 is 1.05 bits per heavy atom. The van der Waals surface area contributed by atoms with Crippen molar-refractivity contribution in [3.8, 4) is 0 Å². The van der Waals surface area contributed by atoms with Gasteiger partial charge in [0.15, 0.2) is 0 Å². The van der Waals surface area contributed by atoms with Crippen LogP contribution in [0.15, 0.2) is 54.6 Å². The van der Waals surface area contributed by atoms with Crippen molar-refractivity contribution in [1.29, 1.82) is 0 Å². The number of benzene rings is 2. The number of halogens is 1. The number of hydrogen-bond donors (Lipinski definition) is 1. The Hall–Kier alpha value is -1.80. The standard InChI is InChI=1S/C17H17ClO2/c1-2-12-17(16(19)20,13-6-4-3-5-7-13)14-8-10-15(18)11-9-14/h3-11H,2,12H2,1H3,(H,19,20). The molecule has 2 rings (SSSR count). The van der Waals surface area contributed by atoms with Crippen LogP contribution in [0.4, 0.5) is 0 Å². The monoisotopic (exact) mass is 288 g/mol. The molecule has 1 N–H and O–H groups in total. The summed E-state index contributed by atoms with van der Waals surface area (Å²) in [5.74, 6) is -0.826. The molecular formula is C17H17ClO2. The van der Waals surface area contributed by atoms with E-state index in [-0.39, 0.29) is 0 Å². The molecule has 0 radical (unpaired) electrons. The fourth-order valence-corrected chi connectivity index (χ4v) is 2.77. The molecule has 2 nitrogen and oxygen atoms in total. The largest absolute Gasteiger partial charge is 0.480 e. The summed E-state index contributed by atoms with van der Waals surface area (Å²) in [6.07, 6.45) is 1.33. The Balaban J connectivity index is 2.65. The first-order valence-corrected chi connectivity index (χ1v) is 7.04. The van der Waals surface area contributed by atoms with Gasteiger partial charge < -0.3 is 5.11 Å². The second-order valence-corrected chi connectivity index (χ2v) is 5.27. The predicted octanol–water partition coefficient (Wildman–Crippen LogP) is 4.51. The molecule has 0 aliphatic carbocycles. The zero-order valence-corrected chi connectivity index (χ0v) is 12.1. The normalized spacial score (nSPS) is 13.7. The first-order valence-electron chi connectivity index (χ1n) is 6.66. The van der Waals surface area contributed by atoms with E-state index in [2.05, 4.69) is 0 Å². The molecule has 0 fully saturated rings. The Bertz CT molecular complexity index is 578. The molecule has 0 bridgehead atoms. The number of carbonyl (C=O) groups is 1. The number of rotatable bonds is 5. The number of carboxylic acid groups (broad SMARTS) is 1. The molecule has 104 valence electrons. The van der Waals surface area contributed by atoms with Crippen molar-refractivity contribution < 1.29 is 9.90 Å². The van der Waals surface area contributed by atoms with Crippen molar-refractivity contribution in [3.63, 3.8) is 0 Å². The van der Waals surface area contributed by atoms with Crippen molar-refractivity contribution >= 4 is 17.6 Å². The third-order valence-electron chi connectivity index (χ3n) is 3.59. The third-order valence-corrected chi connectivity index (χ3v) is 3.85. The summed E-state index contributed by atoms with van der Waals surface area (Å²) < 4.78 is 0. The Labute approximate surface area is 124 Å². The van der Waals surface area contributed by atoms with E-state index < -0.39 is 11.4 Å². The Morgan fingerprint density at radius 3 is 2.10 bits per heavy atom. The number of carboxylic acids is 1. The highest BCUT2D eigenvalue weighted by atomic mass is 35.5. The second kappa shape index (κ2) is 6.10. The van der Waals surface area contributed by atoms with Gasteiger partial charge in [0.05, 0.1) is 0 Å². The molecule has 0 amide bonds. The van der Waals surface area contributed by atoms with Gasteiger partial charge in [-0.2, -0.15) is 0 Å². The van der Waals surface area contributed by atoms with Crippen LogP contribution in [0, 0.1) is 0 Å². The fraction of sp³-hybridized carbons (Fsp3) is 0.235. The molecule has 1 unspecified atom stereocenters. The van der Waals surface area contributed by atoms with Gasteiger partial charge in [0.25, 0.3) is 0 Å². The van der Waals surface area contributed by atoms with Crippen molar-refractivity contribution in [1.82, 2.24) is 0 Å². The summed E-state index contributed by atoms with van der Waals surface area (Å²) in [7, 11) is 0. The molecule has 0 heterocycles. The lowest BCUT2D eigenvalue weighted by molar-refractivity contribution is -0.142. The summed E-state index contributed by atoms with van der Waals surface area (Å²) in [4.78, 5) is 12.1. The van der Waals surface area contributed by atoms with E-state index in [4.69, 9.17) is 11.6 Å². The summed E-state index contributed by atoms with van der Waals surface area (Å²) in [5.41, 5.74) is 0.555. The van der Waals surface area contributed by atoms with E-state index in [1.807, 2.05) is 37.3 Å². The minimum Gasteiger partial charge on any atom is -0.480 e. The lowest BCUT2D eigenvalue weighted by atomic mass is 9.71. The molecule has 1 atom stereocenters. The summed E-state index contributed by atoms with van der Waals surface area (Å²) in [6.45, 7) is 2.00. The topological polar surface area (TPSA) is 37.3 Å². The predicted molar refractivity (Wildman–Crippen MR) is 81.2 cm³/mol. The van der Waals surface area contributed by atoms with Crippen LogP contribution in [0.2, 0.25) is 5.02 Å². The van der Waals surface area contributed by atoms with Gasteiger partial charge in [-0.1, -0.05) is 67.4 Å². The van der Waals surface area contributed by atoms with Gasteiger partial charge in [-0.05, 0) is 29.7 Å². The van der Waals surface area contributed by atoms with Crippen LogP contribution in [-0.2, 0) is 10.2 Å². The second-order valence-electron chi connectivity index (χ2n) is 4.83. The van der Waals surface area contributed by atoms with Crippen LogP contribution in [0.5, 0.6) is 0 Å². The molecule has 0 aromatic heterocycles. The van der Waals surface area contributed by atoms with Crippen LogP contribution in [0.3, 0.4) is 0 Å². The molecule has 20 heavy (non-hydrogen) atoms. The lowest BCUT2D eigenvalue weighted by Gasteiger charge is -2.30. The summed E-state index contributed by atoms with van der Waals surface area (Å²) in [5, 5.41) is 10.5. The zero-order valence-electron chi connectivity index (χ0n) is 11.3. The average molecular weight is 289 g/mol. The maximum atomic E-state index is 12.1. The van der Waals surface area contributed by atoms with Crippen molar-refractivity contribution in [2.75, 3.05) is 0 Å². The van der Waals surface area contributed by atoms with Gasteiger partial charge in [-0.25, -0.2) is 0 Å². The van der Waals surface area contributed by atoms with Crippen molar-refractivity contribution in [2.24, 2.45) is 0 Å². The first-order chi connectivity index (χ1) is 9.61. The third kappa shape index (κ3) is 2.56. The smallest absolute Gasteiger partial charge is 0.318 e. The maximum absolute atomic E-state index is 12.1. The highest BCUT2D eigenvalue weighted by Gasteiger charge is 2.41. The quantitative estimate of drug-likeness (QED) is 0.879. The van der Waals surface area contributed by atoms with Gasteiger partial charge in [0.1, 0.15) is 5.41 Å². The SMILES string of the molecule is CCCC(C(=O)O)(c1ccccc1)c1ccc(Cl)cc1. The highest BCUT2D eigenvalue weighted by Crippen LogP contribution is 2.37. The molecule has 2 aromatic rings. The summed E-state index contributed by atoms with van der Waals surface area (Å²) in [6, 6.07) is 16.5. The minimum atomic E-state index is -1.01. The van der Waals surface area contributed by atoms with Gasteiger partial charge in [-0.15, -0.1) is 0 Å². The van der Waals surface area contributed by atoms with Gasteiger partial charge in [-0.3, -0.25) is 4.79 Å². The molecule has 0 aliphatic heterocycles. The van der Waals surface area contributed by atoms with Gasteiger partial charge in [0.2, 0.25) is 0 Å². The average Bonchev–Trinajstić information content (AvgIpc) is 2.46. The number of hydrogen-bond acceptors (Lipinski definition) is 1. The van der Waals surface area contributed by atoms with Crippen molar-refractivity contribution in [2.45, 2.75) is 25.2 Å². The van der Waals surface area contributed by atoms with Crippen LogP contribution in [0.1, 0.15) is 30.9 Å². The van der Waals surface area contributed by atoms with Gasteiger partial charge >= 0.3 is 5.97 Å². The molecule has 0 saturated heterocycles. The Morgan fingerprint density at radius 2 is 1.60 bits per heavy atom. The molecule has 0 saturated carbocycles. The zero-order chi connectivity index (χ0) is 14.6. The van der Waals surface area contributed by atoms with Crippen LogP contribution < -0.4 is 0 Å². The molecule has 2 aromatic carbocycles. The van der Waals surface area contributed by atoms with Crippen molar-refractivity contribution in [3.05, 3.63) is 70.7 Å². The molecule has 3 heteroatoms. The van der Waals surface area contributed by atoms with E-state index in [0.29, 0.717) is 11.4 Å². The van der Waals surface area contributed by atoms with Crippen LogP contribution in [0.25, 0.3) is 0 Å². The van der Waals surface area contributed by atoms with E-state index in [1.165, 1.54) is 0 Å². The lowest BCUT2D eigenvalue weighted by Crippen LogP contribution is -2.37. The van der Waals surface area contributed by atoms with E-state index in [0.717, 1.165) is 17.5 Å². The highest BCUT2D eigenvalue weighted by molar-refractivity contribution is 6.30. The maximum Gasteiger partial charge on any atom is 0.318 e. The van der Waals surface area contributed by atoms with Crippen LogP contribution in [-0.4, -0.2) is 11.1 Å². The van der Waals surface area contributed by atoms with E-state index >= 15 is 0 Å².